The van der Waals surface area contributed by atoms with Crippen molar-refractivity contribution in [2.45, 2.75) is 26.2 Å². The van der Waals surface area contributed by atoms with Gasteiger partial charge in [-0.15, -0.1) is 0 Å². The van der Waals surface area contributed by atoms with Gasteiger partial charge in [0.2, 0.25) is 5.91 Å². The van der Waals surface area contributed by atoms with Gasteiger partial charge in [0.05, 0.1) is 6.61 Å². The van der Waals surface area contributed by atoms with E-state index in [0.29, 0.717) is 41.6 Å². The molecule has 2 unspecified atom stereocenters. The first-order valence-corrected chi connectivity index (χ1v) is 9.59. The largest absolute Gasteiger partial charge is 0.494 e. The summed E-state index contributed by atoms with van der Waals surface area (Å²) >= 11 is 0. The molecule has 2 aromatic rings. The molecule has 0 bridgehead atoms. The van der Waals surface area contributed by atoms with Crippen molar-refractivity contribution in [1.29, 1.82) is 0 Å². The minimum atomic E-state index is -0.850. The molecule has 3 rings (SSSR count). The Labute approximate surface area is 169 Å². The fourth-order valence-corrected chi connectivity index (χ4v) is 2.91. The molecular formula is C22H24N2O5. The normalized spacial score (nSPS) is 17.3. The molecule has 7 nitrogen and oxygen atoms in total. The van der Waals surface area contributed by atoms with E-state index >= 15 is 0 Å². The molecule has 152 valence electrons. The second-order valence-electron chi connectivity index (χ2n) is 7.21. The van der Waals surface area contributed by atoms with Crippen LogP contribution in [0, 0.1) is 11.8 Å². The average Bonchev–Trinajstić information content (AvgIpc) is 3.43. The fraction of sp³-hybridized carbons (Fsp3) is 0.318. The third kappa shape index (κ3) is 6.07. The lowest BCUT2D eigenvalue weighted by Crippen LogP contribution is -2.16. The number of amides is 2. The van der Waals surface area contributed by atoms with E-state index in [0.717, 1.165) is 6.42 Å². The van der Waals surface area contributed by atoms with E-state index in [4.69, 9.17) is 9.84 Å². The van der Waals surface area contributed by atoms with E-state index in [1.807, 2.05) is 6.92 Å². The Morgan fingerprint density at radius 3 is 2.45 bits per heavy atom. The smallest absolute Gasteiger partial charge is 0.303 e. The zero-order valence-corrected chi connectivity index (χ0v) is 16.2. The van der Waals surface area contributed by atoms with Crippen LogP contribution < -0.4 is 15.4 Å². The molecule has 29 heavy (non-hydrogen) atoms. The molecule has 2 atom stereocenters. The van der Waals surface area contributed by atoms with Crippen LogP contribution in [-0.4, -0.2) is 29.5 Å². The van der Waals surface area contributed by atoms with Crippen LogP contribution in [0.2, 0.25) is 0 Å². The molecular weight excluding hydrogens is 372 g/mol. The lowest BCUT2D eigenvalue weighted by Gasteiger charge is -2.09. The van der Waals surface area contributed by atoms with Gasteiger partial charge in [0.25, 0.3) is 5.91 Å². The van der Waals surface area contributed by atoms with Gasteiger partial charge in [-0.3, -0.25) is 14.4 Å². The molecule has 3 N–H and O–H groups in total. The Bertz CT molecular complexity index is 894. The van der Waals surface area contributed by atoms with Gasteiger partial charge in [-0.2, -0.15) is 0 Å². The van der Waals surface area contributed by atoms with Crippen molar-refractivity contribution in [2.24, 2.45) is 11.8 Å². The summed E-state index contributed by atoms with van der Waals surface area (Å²) in [6.45, 7) is 2.36. The molecule has 0 aliphatic heterocycles. The molecule has 0 spiro atoms. The van der Waals surface area contributed by atoms with Crippen molar-refractivity contribution >= 4 is 29.2 Å². The first kappa shape index (κ1) is 20.4. The molecule has 1 saturated carbocycles. The third-order valence-corrected chi connectivity index (χ3v) is 4.75. The van der Waals surface area contributed by atoms with Crippen molar-refractivity contribution in [3.63, 3.8) is 0 Å². The highest BCUT2D eigenvalue weighted by Crippen LogP contribution is 2.38. The van der Waals surface area contributed by atoms with E-state index in [9.17, 15) is 14.4 Å². The highest BCUT2D eigenvalue weighted by Gasteiger charge is 2.39. The standard InChI is InChI=1S/C22H24N2O5/c1-14-12-19(14)22(28)24-17-5-2-4-15(13-17)21(27)23-16-7-9-18(10-8-16)29-11-3-6-20(25)26/h2,4-5,7-10,13-14,19H,3,6,11-12H2,1H3,(H,23,27)(H,24,28)(H,25,26). The van der Waals surface area contributed by atoms with Crippen LogP contribution in [-0.2, 0) is 9.59 Å². The van der Waals surface area contributed by atoms with Crippen LogP contribution >= 0.6 is 0 Å². The van der Waals surface area contributed by atoms with Crippen molar-refractivity contribution in [3.05, 3.63) is 54.1 Å². The van der Waals surface area contributed by atoms with E-state index < -0.39 is 5.97 Å². The monoisotopic (exact) mass is 396 g/mol. The molecule has 0 saturated heterocycles. The molecule has 2 aromatic carbocycles. The molecule has 1 fully saturated rings. The Hall–Kier alpha value is -3.35. The number of anilines is 2. The molecule has 1 aliphatic carbocycles. The Morgan fingerprint density at radius 2 is 1.79 bits per heavy atom. The number of carbonyl (C=O) groups is 3. The molecule has 0 radical (unpaired) electrons. The van der Waals surface area contributed by atoms with Gasteiger partial charge < -0.3 is 20.5 Å². The SMILES string of the molecule is CC1CC1C(=O)Nc1cccc(C(=O)Nc2ccc(OCCCC(=O)O)cc2)c1. The Balaban J connectivity index is 1.52. The Kier molecular flexibility index (Phi) is 6.49. The predicted molar refractivity (Wildman–Crippen MR) is 109 cm³/mol. The van der Waals surface area contributed by atoms with Crippen molar-refractivity contribution in [3.8, 4) is 5.75 Å². The van der Waals surface area contributed by atoms with Gasteiger partial charge in [-0.1, -0.05) is 13.0 Å². The minimum absolute atomic E-state index is 0.00555. The average molecular weight is 396 g/mol. The number of rotatable bonds is 9. The number of ether oxygens (including phenoxy) is 1. The number of carboxylic acids is 1. The molecule has 2 amide bonds. The summed E-state index contributed by atoms with van der Waals surface area (Å²) in [6.07, 6.45) is 1.40. The minimum Gasteiger partial charge on any atom is -0.494 e. The van der Waals surface area contributed by atoms with E-state index in [1.165, 1.54) is 0 Å². The number of nitrogens with one attached hydrogen (secondary N) is 2. The first-order valence-electron chi connectivity index (χ1n) is 9.59. The molecule has 1 aliphatic rings. The summed E-state index contributed by atoms with van der Waals surface area (Å²) in [7, 11) is 0. The van der Waals surface area contributed by atoms with E-state index in [1.54, 1.807) is 48.5 Å². The number of hydrogen-bond donors (Lipinski definition) is 3. The lowest BCUT2D eigenvalue weighted by atomic mass is 10.1. The summed E-state index contributed by atoms with van der Waals surface area (Å²) in [5, 5.41) is 14.3. The van der Waals surface area contributed by atoms with Crippen LogP contribution in [0.1, 0.15) is 36.5 Å². The van der Waals surface area contributed by atoms with Gasteiger partial charge in [-0.05, 0) is 61.2 Å². The highest BCUT2D eigenvalue weighted by molar-refractivity contribution is 6.05. The zero-order valence-electron chi connectivity index (χ0n) is 16.2. The summed E-state index contributed by atoms with van der Waals surface area (Å²) in [4.78, 5) is 35.0. The molecule has 7 heteroatoms. The summed E-state index contributed by atoms with van der Waals surface area (Å²) in [5.74, 6) is -0.0437. The molecule has 0 aromatic heterocycles. The van der Waals surface area contributed by atoms with Crippen LogP contribution in [0.5, 0.6) is 5.75 Å². The van der Waals surface area contributed by atoms with Crippen molar-refractivity contribution < 1.29 is 24.2 Å². The maximum atomic E-state index is 12.5. The van der Waals surface area contributed by atoms with Crippen LogP contribution in [0.25, 0.3) is 0 Å². The van der Waals surface area contributed by atoms with Gasteiger partial charge in [-0.25, -0.2) is 0 Å². The number of aliphatic carboxylic acids is 1. The topological polar surface area (TPSA) is 105 Å². The van der Waals surface area contributed by atoms with Crippen molar-refractivity contribution in [2.75, 3.05) is 17.2 Å². The maximum Gasteiger partial charge on any atom is 0.303 e. The quantitative estimate of drug-likeness (QED) is 0.560. The maximum absolute atomic E-state index is 12.5. The number of hydrogen-bond acceptors (Lipinski definition) is 4. The predicted octanol–water partition coefficient (Wildman–Crippen LogP) is 3.78. The lowest BCUT2D eigenvalue weighted by molar-refractivity contribution is -0.137. The number of carboxylic acid groups (broad SMARTS) is 1. The number of carbonyl (C=O) groups excluding carboxylic acids is 2. The van der Waals surface area contributed by atoms with E-state index in [2.05, 4.69) is 10.6 Å². The number of benzene rings is 2. The second-order valence-corrected chi connectivity index (χ2v) is 7.21. The zero-order chi connectivity index (χ0) is 20.8. The van der Waals surface area contributed by atoms with E-state index in [-0.39, 0.29) is 24.2 Å². The van der Waals surface area contributed by atoms with Crippen LogP contribution in [0.3, 0.4) is 0 Å². The summed E-state index contributed by atoms with van der Waals surface area (Å²) in [5.41, 5.74) is 1.65. The molecule has 0 heterocycles. The first-order chi connectivity index (χ1) is 13.9. The van der Waals surface area contributed by atoms with Crippen LogP contribution in [0.15, 0.2) is 48.5 Å². The third-order valence-electron chi connectivity index (χ3n) is 4.75. The van der Waals surface area contributed by atoms with Crippen molar-refractivity contribution in [1.82, 2.24) is 0 Å². The van der Waals surface area contributed by atoms with Crippen LogP contribution in [0.4, 0.5) is 11.4 Å². The van der Waals surface area contributed by atoms with Gasteiger partial charge in [0.15, 0.2) is 0 Å². The highest BCUT2D eigenvalue weighted by atomic mass is 16.5. The van der Waals surface area contributed by atoms with Gasteiger partial charge in [0, 0.05) is 29.3 Å². The Morgan fingerprint density at radius 1 is 1.07 bits per heavy atom. The summed E-state index contributed by atoms with van der Waals surface area (Å²) < 4.78 is 5.47. The summed E-state index contributed by atoms with van der Waals surface area (Å²) in [6, 6.07) is 13.7. The second kappa shape index (κ2) is 9.23. The van der Waals surface area contributed by atoms with Gasteiger partial charge >= 0.3 is 5.97 Å². The fourth-order valence-electron chi connectivity index (χ4n) is 2.91. The van der Waals surface area contributed by atoms with Gasteiger partial charge in [0.1, 0.15) is 5.75 Å².